The highest BCUT2D eigenvalue weighted by atomic mass is 35.5. The topological polar surface area (TPSA) is 130 Å². The first-order valence-corrected chi connectivity index (χ1v) is 17.8. The summed E-state index contributed by atoms with van der Waals surface area (Å²) in [6.45, 7) is 6.04. The lowest BCUT2D eigenvalue weighted by Crippen LogP contribution is -2.55. The van der Waals surface area contributed by atoms with Gasteiger partial charge in [0, 0.05) is 54.8 Å². The van der Waals surface area contributed by atoms with Gasteiger partial charge in [0.1, 0.15) is 16.8 Å². The number of hydrogen-bond donors (Lipinski definition) is 2. The van der Waals surface area contributed by atoms with Crippen LogP contribution in [0.3, 0.4) is 0 Å². The Labute approximate surface area is 307 Å². The maximum absolute atomic E-state index is 11.4. The Morgan fingerprint density at radius 2 is 1.71 bits per heavy atom. The number of pyridine rings is 1. The van der Waals surface area contributed by atoms with Crippen molar-refractivity contribution in [1.29, 1.82) is 0 Å². The Morgan fingerprint density at radius 3 is 2.43 bits per heavy atom. The number of aromatic nitrogens is 3. The molecule has 51 heavy (non-hydrogen) atoms. The predicted octanol–water partition coefficient (Wildman–Crippen LogP) is 6.32. The molecule has 2 saturated heterocycles. The van der Waals surface area contributed by atoms with E-state index in [2.05, 4.69) is 33.8 Å². The van der Waals surface area contributed by atoms with Gasteiger partial charge in [0.25, 0.3) is 0 Å². The van der Waals surface area contributed by atoms with Gasteiger partial charge in [-0.2, -0.15) is 4.98 Å². The number of carbonyl (C=O) groups is 1. The standard InChI is InChI=1S/C38H41Cl2N5O6/c1-38(21-46)19-45(20-38)18-31-36(50-3)42-30(15-41-31)28-9-5-8-27(33(28)40)24-6-4-7-26-25(24)10-11-32(26)51-35-29(39)14-23(34(43-35)49-2)17-44-13-12-22(16-44)37(47)48/h4-9,14-15,22,32,46H,10-13,16-21H2,1-3H3,(H,47,48)/t22-,32-/m0/s1. The normalized spacial score (nSPS) is 19.8. The summed E-state index contributed by atoms with van der Waals surface area (Å²) < 4.78 is 17.7. The first-order valence-electron chi connectivity index (χ1n) is 17.1. The average molecular weight is 735 g/mol. The van der Waals surface area contributed by atoms with Crippen LogP contribution in [0.1, 0.15) is 48.3 Å². The largest absolute Gasteiger partial charge is 0.481 e. The number of carboxylic acids is 1. The molecule has 2 atom stereocenters. The van der Waals surface area contributed by atoms with Crippen LogP contribution >= 0.6 is 23.2 Å². The summed E-state index contributed by atoms with van der Waals surface area (Å²) in [6.07, 6.45) is 3.58. The molecular formula is C38H41Cl2N5O6. The Hall–Kier alpha value is -4.00. The first kappa shape index (κ1) is 35.4. The van der Waals surface area contributed by atoms with E-state index in [1.54, 1.807) is 26.5 Å². The van der Waals surface area contributed by atoms with E-state index in [0.29, 0.717) is 60.1 Å². The minimum absolute atomic E-state index is 0.0772. The van der Waals surface area contributed by atoms with Crippen molar-refractivity contribution in [2.45, 2.75) is 45.4 Å². The summed E-state index contributed by atoms with van der Waals surface area (Å²) in [6, 6.07) is 13.9. The van der Waals surface area contributed by atoms with Gasteiger partial charge < -0.3 is 24.4 Å². The molecule has 1 aliphatic carbocycles. The van der Waals surface area contributed by atoms with Crippen LogP contribution < -0.4 is 14.2 Å². The molecule has 2 aromatic heterocycles. The summed E-state index contributed by atoms with van der Waals surface area (Å²) in [5.74, 6) is -0.000840. The van der Waals surface area contributed by atoms with Gasteiger partial charge in [0.05, 0.1) is 43.7 Å². The summed E-state index contributed by atoms with van der Waals surface area (Å²) in [5, 5.41) is 19.9. The third kappa shape index (κ3) is 7.10. The molecule has 2 aromatic carbocycles. The quantitative estimate of drug-likeness (QED) is 0.170. The van der Waals surface area contributed by atoms with Gasteiger partial charge in [0.2, 0.25) is 17.6 Å². The number of ether oxygens (including phenoxy) is 3. The second-order valence-electron chi connectivity index (χ2n) is 14.0. The van der Waals surface area contributed by atoms with Crippen molar-refractivity contribution in [3.05, 3.63) is 81.1 Å². The second-order valence-corrected chi connectivity index (χ2v) is 14.8. The molecule has 0 spiro atoms. The van der Waals surface area contributed by atoms with E-state index in [0.717, 1.165) is 65.0 Å². The van der Waals surface area contributed by atoms with Crippen molar-refractivity contribution in [1.82, 2.24) is 24.8 Å². The highest BCUT2D eigenvalue weighted by Gasteiger charge is 2.38. The first-order chi connectivity index (χ1) is 24.6. The van der Waals surface area contributed by atoms with Gasteiger partial charge in [-0.05, 0) is 48.6 Å². The molecule has 11 nitrogen and oxygen atoms in total. The molecule has 3 aliphatic rings. The number of fused-ring (bicyclic) bond motifs is 1. The number of aliphatic carboxylic acids is 1. The molecule has 4 heterocycles. The van der Waals surface area contributed by atoms with Crippen LogP contribution in [0.2, 0.25) is 10.0 Å². The van der Waals surface area contributed by atoms with E-state index >= 15 is 0 Å². The van der Waals surface area contributed by atoms with Crippen LogP contribution in [-0.2, 0) is 24.3 Å². The number of aliphatic hydroxyl groups excluding tert-OH is 1. The third-order valence-electron chi connectivity index (χ3n) is 10.2. The average Bonchev–Trinajstić information content (AvgIpc) is 3.76. The summed E-state index contributed by atoms with van der Waals surface area (Å²) in [7, 11) is 3.15. The molecule has 0 unspecified atom stereocenters. The number of rotatable bonds is 12. The number of aliphatic hydroxyl groups is 1. The van der Waals surface area contributed by atoms with E-state index in [-0.39, 0.29) is 29.9 Å². The Bertz CT molecular complexity index is 1950. The van der Waals surface area contributed by atoms with E-state index in [4.69, 9.17) is 47.4 Å². The van der Waals surface area contributed by atoms with E-state index in [9.17, 15) is 15.0 Å². The summed E-state index contributed by atoms with van der Waals surface area (Å²) >= 11 is 13.9. The smallest absolute Gasteiger partial charge is 0.307 e. The Balaban J connectivity index is 1.10. The van der Waals surface area contributed by atoms with Crippen LogP contribution in [0.5, 0.6) is 17.6 Å². The van der Waals surface area contributed by atoms with Crippen LogP contribution in [0.15, 0.2) is 48.7 Å². The van der Waals surface area contributed by atoms with Crippen LogP contribution in [-0.4, -0.2) is 87.9 Å². The fraction of sp³-hybridized carbons (Fsp3) is 0.421. The van der Waals surface area contributed by atoms with Crippen molar-refractivity contribution < 1.29 is 29.2 Å². The molecule has 7 rings (SSSR count). The van der Waals surface area contributed by atoms with Gasteiger partial charge in [-0.25, -0.2) is 4.98 Å². The molecule has 2 aliphatic heterocycles. The minimum Gasteiger partial charge on any atom is -0.481 e. The molecule has 2 fully saturated rings. The van der Waals surface area contributed by atoms with Crippen molar-refractivity contribution in [3.8, 4) is 40.0 Å². The Morgan fingerprint density at radius 1 is 0.961 bits per heavy atom. The van der Waals surface area contributed by atoms with Crippen molar-refractivity contribution >= 4 is 29.2 Å². The summed E-state index contributed by atoms with van der Waals surface area (Å²) in [4.78, 5) is 29.9. The molecular weight excluding hydrogens is 693 g/mol. The van der Waals surface area contributed by atoms with Gasteiger partial charge in [-0.1, -0.05) is 66.5 Å². The molecule has 0 radical (unpaired) electrons. The number of carboxylic acid groups (broad SMARTS) is 1. The molecule has 13 heteroatoms. The predicted molar refractivity (Wildman–Crippen MR) is 193 cm³/mol. The number of methoxy groups -OCH3 is 2. The number of halogens is 2. The minimum atomic E-state index is -0.773. The second kappa shape index (κ2) is 14.6. The van der Waals surface area contributed by atoms with E-state index < -0.39 is 5.97 Å². The maximum atomic E-state index is 11.4. The number of hydrogen-bond acceptors (Lipinski definition) is 10. The number of likely N-dealkylation sites (tertiary alicyclic amines) is 2. The van der Waals surface area contributed by atoms with Crippen molar-refractivity contribution in [2.75, 3.05) is 47.0 Å². The fourth-order valence-electron chi connectivity index (χ4n) is 7.60. The molecule has 0 saturated carbocycles. The zero-order valence-electron chi connectivity index (χ0n) is 28.9. The lowest BCUT2D eigenvalue weighted by molar-refractivity contribution is -0.141. The fourth-order valence-corrected chi connectivity index (χ4v) is 8.15. The highest BCUT2D eigenvalue weighted by molar-refractivity contribution is 6.36. The lowest BCUT2D eigenvalue weighted by Gasteiger charge is -2.46. The van der Waals surface area contributed by atoms with Gasteiger partial charge in [0.15, 0.2) is 0 Å². The molecule has 2 N–H and O–H groups in total. The highest BCUT2D eigenvalue weighted by Crippen LogP contribution is 2.45. The number of nitrogens with zero attached hydrogens (tertiary/aromatic N) is 5. The maximum Gasteiger partial charge on any atom is 0.307 e. The van der Waals surface area contributed by atoms with Gasteiger partial charge in [-0.15, -0.1) is 0 Å². The van der Waals surface area contributed by atoms with Crippen LogP contribution in [0.25, 0.3) is 22.4 Å². The van der Waals surface area contributed by atoms with Crippen LogP contribution in [0, 0.1) is 11.3 Å². The number of benzene rings is 2. The summed E-state index contributed by atoms with van der Waals surface area (Å²) in [5.41, 5.74) is 6.90. The zero-order valence-corrected chi connectivity index (χ0v) is 30.4. The third-order valence-corrected chi connectivity index (χ3v) is 10.9. The van der Waals surface area contributed by atoms with Gasteiger partial charge in [-0.3, -0.25) is 19.6 Å². The van der Waals surface area contributed by atoms with E-state index in [1.165, 1.54) is 0 Å². The molecule has 4 aromatic rings. The van der Waals surface area contributed by atoms with E-state index in [1.807, 2.05) is 24.3 Å². The zero-order chi connectivity index (χ0) is 35.9. The lowest BCUT2D eigenvalue weighted by atomic mass is 9.83. The van der Waals surface area contributed by atoms with Gasteiger partial charge >= 0.3 is 5.97 Å². The molecule has 0 amide bonds. The SMILES string of the molecule is COc1nc(O[C@H]2CCc3c(-c4cccc(-c5cnc(CN6CC(C)(CO)C6)c(OC)n5)c4Cl)cccc32)c(Cl)cc1CN1CC[C@H](C(=O)O)C1. The van der Waals surface area contributed by atoms with Crippen LogP contribution in [0.4, 0.5) is 0 Å². The van der Waals surface area contributed by atoms with Crippen molar-refractivity contribution in [2.24, 2.45) is 11.3 Å². The Kier molecular flexibility index (Phi) is 10.1. The molecule has 268 valence electrons. The van der Waals surface area contributed by atoms with Crippen molar-refractivity contribution in [3.63, 3.8) is 0 Å². The monoisotopic (exact) mass is 733 g/mol. The molecule has 0 bridgehead atoms.